The molecule has 1 heterocycles. The lowest BCUT2D eigenvalue weighted by Gasteiger charge is -2.34. The number of ether oxygens (including phenoxy) is 1. The molecule has 1 aliphatic rings. The molecule has 0 aliphatic carbocycles. The first-order valence-electron chi connectivity index (χ1n) is 7.35. The van der Waals surface area contributed by atoms with Gasteiger partial charge in [0.1, 0.15) is 0 Å². The lowest BCUT2D eigenvalue weighted by atomic mass is 10.2. The zero-order chi connectivity index (χ0) is 13.4. The van der Waals surface area contributed by atoms with Crippen LogP contribution in [0.2, 0.25) is 0 Å². The molecule has 1 aliphatic heterocycles. The van der Waals surface area contributed by atoms with Crippen LogP contribution < -0.4 is 5.32 Å². The second-order valence-corrected chi connectivity index (χ2v) is 5.75. The van der Waals surface area contributed by atoms with Gasteiger partial charge in [0.05, 0.1) is 12.7 Å². The molecule has 0 saturated carbocycles. The predicted octanol–water partition coefficient (Wildman–Crippen LogP) is 0.885. The Kier molecular flexibility index (Phi) is 7.82. The van der Waals surface area contributed by atoms with Gasteiger partial charge in [-0.25, -0.2) is 0 Å². The summed E-state index contributed by atoms with van der Waals surface area (Å²) in [7, 11) is 2.16. The Morgan fingerprint density at radius 2 is 2.22 bits per heavy atom. The fourth-order valence-corrected chi connectivity index (χ4v) is 2.20. The van der Waals surface area contributed by atoms with Gasteiger partial charge in [-0.15, -0.1) is 0 Å². The summed E-state index contributed by atoms with van der Waals surface area (Å²) in [6.07, 6.45) is 0.383. The van der Waals surface area contributed by atoms with Crippen LogP contribution in [0.1, 0.15) is 20.8 Å². The first-order chi connectivity index (χ1) is 8.61. The van der Waals surface area contributed by atoms with E-state index >= 15 is 0 Å². The van der Waals surface area contributed by atoms with Crippen LogP contribution in [0.4, 0.5) is 0 Å². The molecule has 4 heteroatoms. The maximum atomic E-state index is 5.82. The van der Waals surface area contributed by atoms with Gasteiger partial charge in [-0.3, -0.25) is 4.90 Å². The first kappa shape index (κ1) is 15.9. The second-order valence-electron chi connectivity index (χ2n) is 5.75. The van der Waals surface area contributed by atoms with Crippen LogP contribution in [0, 0.1) is 5.92 Å². The summed E-state index contributed by atoms with van der Waals surface area (Å²) in [4.78, 5) is 4.84. The van der Waals surface area contributed by atoms with Gasteiger partial charge in [-0.05, 0) is 26.1 Å². The quantitative estimate of drug-likeness (QED) is 0.654. The Morgan fingerprint density at radius 1 is 1.44 bits per heavy atom. The zero-order valence-corrected chi connectivity index (χ0v) is 12.6. The third kappa shape index (κ3) is 6.69. The minimum atomic E-state index is 0.383. The summed E-state index contributed by atoms with van der Waals surface area (Å²) < 4.78 is 5.82. The molecule has 1 fully saturated rings. The molecule has 1 saturated heterocycles. The minimum Gasteiger partial charge on any atom is -0.374 e. The van der Waals surface area contributed by atoms with Gasteiger partial charge in [-0.1, -0.05) is 20.8 Å². The van der Waals surface area contributed by atoms with Crippen molar-refractivity contribution in [2.75, 3.05) is 59.5 Å². The fourth-order valence-electron chi connectivity index (χ4n) is 2.20. The Balaban J connectivity index is 2.14. The first-order valence-corrected chi connectivity index (χ1v) is 7.35. The van der Waals surface area contributed by atoms with Crippen molar-refractivity contribution < 1.29 is 4.74 Å². The Bertz CT molecular complexity index is 211. The SMILES string of the molecule is CCN(C)C[C@@H]1CN(CCNCC(C)C)CCO1. The van der Waals surface area contributed by atoms with Crippen LogP contribution in [0.25, 0.3) is 0 Å². The third-order valence-electron chi connectivity index (χ3n) is 3.44. The van der Waals surface area contributed by atoms with Crippen LogP contribution in [0.3, 0.4) is 0 Å². The normalized spacial score (nSPS) is 22.0. The van der Waals surface area contributed by atoms with Crippen LogP contribution in [-0.2, 0) is 4.74 Å². The van der Waals surface area contributed by atoms with Crippen molar-refractivity contribution in [3.8, 4) is 0 Å². The van der Waals surface area contributed by atoms with Crippen LogP contribution >= 0.6 is 0 Å². The molecule has 0 radical (unpaired) electrons. The van der Waals surface area contributed by atoms with Gasteiger partial charge in [0.15, 0.2) is 0 Å². The number of rotatable bonds is 8. The molecule has 0 aromatic heterocycles. The van der Waals surface area contributed by atoms with Gasteiger partial charge in [0, 0.05) is 32.7 Å². The van der Waals surface area contributed by atoms with Crippen molar-refractivity contribution in [2.45, 2.75) is 26.9 Å². The summed E-state index contributed by atoms with van der Waals surface area (Å²) >= 11 is 0. The highest BCUT2D eigenvalue weighted by Gasteiger charge is 2.20. The van der Waals surface area contributed by atoms with E-state index in [-0.39, 0.29) is 0 Å². The number of morpholine rings is 1. The number of hydrogen-bond acceptors (Lipinski definition) is 4. The monoisotopic (exact) mass is 257 g/mol. The van der Waals surface area contributed by atoms with E-state index in [0.29, 0.717) is 6.10 Å². The summed E-state index contributed by atoms with van der Waals surface area (Å²) in [5.41, 5.74) is 0. The maximum Gasteiger partial charge on any atom is 0.0829 e. The minimum absolute atomic E-state index is 0.383. The third-order valence-corrected chi connectivity index (χ3v) is 3.44. The van der Waals surface area contributed by atoms with Crippen molar-refractivity contribution in [2.24, 2.45) is 5.92 Å². The van der Waals surface area contributed by atoms with Gasteiger partial charge >= 0.3 is 0 Å². The van der Waals surface area contributed by atoms with E-state index in [1.165, 1.54) is 0 Å². The number of likely N-dealkylation sites (N-methyl/N-ethyl adjacent to an activating group) is 1. The molecular weight excluding hydrogens is 226 g/mol. The smallest absolute Gasteiger partial charge is 0.0829 e. The van der Waals surface area contributed by atoms with Crippen molar-refractivity contribution in [1.82, 2.24) is 15.1 Å². The van der Waals surface area contributed by atoms with E-state index in [9.17, 15) is 0 Å². The molecule has 0 unspecified atom stereocenters. The second kappa shape index (κ2) is 8.86. The lowest BCUT2D eigenvalue weighted by molar-refractivity contribution is -0.0395. The molecule has 18 heavy (non-hydrogen) atoms. The lowest BCUT2D eigenvalue weighted by Crippen LogP contribution is -2.48. The van der Waals surface area contributed by atoms with E-state index in [1.807, 2.05) is 0 Å². The average molecular weight is 257 g/mol. The zero-order valence-electron chi connectivity index (χ0n) is 12.6. The summed E-state index contributed by atoms with van der Waals surface area (Å²) in [5, 5.41) is 3.51. The molecule has 0 aromatic carbocycles. The van der Waals surface area contributed by atoms with Gasteiger partial charge in [0.25, 0.3) is 0 Å². The fraction of sp³-hybridized carbons (Fsp3) is 1.00. The molecule has 0 bridgehead atoms. The molecular formula is C14H31N3O. The molecule has 0 spiro atoms. The van der Waals surface area contributed by atoms with Crippen LogP contribution in [0.5, 0.6) is 0 Å². The summed E-state index contributed by atoms with van der Waals surface area (Å²) in [6, 6.07) is 0. The Hall–Kier alpha value is -0.160. The van der Waals surface area contributed by atoms with E-state index < -0.39 is 0 Å². The molecule has 1 rings (SSSR count). The highest BCUT2D eigenvalue weighted by Crippen LogP contribution is 2.05. The average Bonchev–Trinajstić information content (AvgIpc) is 2.35. The highest BCUT2D eigenvalue weighted by molar-refractivity contribution is 4.74. The van der Waals surface area contributed by atoms with E-state index in [1.54, 1.807) is 0 Å². The summed E-state index contributed by atoms with van der Waals surface area (Å²) in [6.45, 7) is 15.2. The molecule has 1 N–H and O–H groups in total. The maximum absolute atomic E-state index is 5.82. The largest absolute Gasteiger partial charge is 0.374 e. The van der Waals surface area contributed by atoms with Gasteiger partial charge in [0.2, 0.25) is 0 Å². The summed E-state index contributed by atoms with van der Waals surface area (Å²) in [5.74, 6) is 0.737. The van der Waals surface area contributed by atoms with Crippen LogP contribution in [0.15, 0.2) is 0 Å². The topological polar surface area (TPSA) is 27.7 Å². The van der Waals surface area contributed by atoms with Gasteiger partial charge < -0.3 is 15.0 Å². The highest BCUT2D eigenvalue weighted by atomic mass is 16.5. The van der Waals surface area contributed by atoms with Crippen molar-refractivity contribution >= 4 is 0 Å². The van der Waals surface area contributed by atoms with Crippen molar-refractivity contribution in [3.63, 3.8) is 0 Å². The Morgan fingerprint density at radius 3 is 2.89 bits per heavy atom. The molecule has 0 amide bonds. The number of hydrogen-bond donors (Lipinski definition) is 1. The Labute approximate surface area is 113 Å². The van der Waals surface area contributed by atoms with Gasteiger partial charge in [-0.2, -0.15) is 0 Å². The number of nitrogens with zero attached hydrogens (tertiary/aromatic N) is 2. The molecule has 108 valence electrons. The molecule has 4 nitrogen and oxygen atoms in total. The van der Waals surface area contributed by atoms with E-state index in [4.69, 9.17) is 4.74 Å². The van der Waals surface area contributed by atoms with E-state index in [0.717, 1.165) is 58.3 Å². The van der Waals surface area contributed by atoms with Crippen LogP contribution in [-0.4, -0.2) is 75.4 Å². The van der Waals surface area contributed by atoms with E-state index in [2.05, 4.69) is 42.9 Å². The molecule has 1 atom stereocenters. The van der Waals surface area contributed by atoms with Crippen molar-refractivity contribution in [3.05, 3.63) is 0 Å². The molecule has 0 aromatic rings. The standard InChI is InChI=1S/C14H31N3O/c1-5-16(4)11-14-12-17(8-9-18-14)7-6-15-10-13(2)3/h13-15H,5-12H2,1-4H3/t14-/m1/s1. The van der Waals surface area contributed by atoms with Crippen molar-refractivity contribution in [1.29, 1.82) is 0 Å². The predicted molar refractivity (Wildman–Crippen MR) is 77.1 cm³/mol. The number of nitrogens with one attached hydrogen (secondary N) is 1.